The van der Waals surface area contributed by atoms with Gasteiger partial charge in [-0.05, 0) is 18.7 Å². The molecule has 0 saturated carbocycles. The first kappa shape index (κ1) is 21.7. The first-order valence-electron chi connectivity index (χ1n) is 10.9. The first-order valence-corrected chi connectivity index (χ1v) is 14.6. The Balaban J connectivity index is 1.54. The summed E-state index contributed by atoms with van der Waals surface area (Å²) in [4.78, 5) is 11.4. The van der Waals surface area contributed by atoms with Gasteiger partial charge in [0, 0.05) is 51.1 Å². The third kappa shape index (κ3) is 4.42. The molecule has 3 aromatic heterocycles. The Morgan fingerprint density at radius 1 is 1.26 bits per heavy atom. The maximum atomic E-state index is 9.35. The molecule has 9 heteroatoms. The molecule has 0 spiro atoms. The van der Waals surface area contributed by atoms with E-state index in [1.165, 1.54) is 0 Å². The molecule has 0 N–H and O–H groups in total. The Bertz CT molecular complexity index is 1090. The summed E-state index contributed by atoms with van der Waals surface area (Å²) in [5.74, 6) is 0. The second-order valence-corrected chi connectivity index (χ2v) is 15.3. The van der Waals surface area contributed by atoms with Crippen LogP contribution in [0.1, 0.15) is 13.3 Å². The van der Waals surface area contributed by atoms with Gasteiger partial charge in [0.15, 0.2) is 0 Å². The molecule has 0 radical (unpaired) electrons. The summed E-state index contributed by atoms with van der Waals surface area (Å²) in [6.45, 7) is 13.1. The van der Waals surface area contributed by atoms with Gasteiger partial charge in [0.25, 0.3) is 0 Å². The van der Waals surface area contributed by atoms with Crippen molar-refractivity contribution in [1.29, 1.82) is 5.26 Å². The molecule has 1 saturated heterocycles. The highest BCUT2D eigenvalue weighted by Crippen LogP contribution is 2.34. The van der Waals surface area contributed by atoms with Crippen LogP contribution in [-0.2, 0) is 17.0 Å². The van der Waals surface area contributed by atoms with E-state index in [2.05, 4.69) is 52.6 Å². The van der Waals surface area contributed by atoms with Crippen LogP contribution in [0.5, 0.6) is 0 Å². The number of hydrogen-bond donors (Lipinski definition) is 0. The van der Waals surface area contributed by atoms with E-state index in [9.17, 15) is 5.26 Å². The third-order valence-electron chi connectivity index (χ3n) is 6.02. The molecule has 1 aliphatic rings. The molecule has 8 nitrogen and oxygen atoms in total. The van der Waals surface area contributed by atoms with Gasteiger partial charge in [0.1, 0.15) is 24.2 Å². The molecule has 0 atom stereocenters. The second-order valence-electron chi connectivity index (χ2n) is 9.63. The van der Waals surface area contributed by atoms with Crippen LogP contribution < -0.4 is 0 Å². The van der Waals surface area contributed by atoms with Crippen molar-refractivity contribution in [2.75, 3.05) is 26.2 Å². The summed E-state index contributed by atoms with van der Waals surface area (Å²) < 4.78 is 9.90. The zero-order valence-corrected chi connectivity index (χ0v) is 19.9. The first-order chi connectivity index (χ1) is 14.8. The van der Waals surface area contributed by atoms with Crippen LogP contribution in [0.25, 0.3) is 22.3 Å². The number of rotatable bonds is 9. The quantitative estimate of drug-likeness (QED) is 0.376. The fourth-order valence-electron chi connectivity index (χ4n) is 4.08. The monoisotopic (exact) mass is 437 g/mol. The van der Waals surface area contributed by atoms with Gasteiger partial charge in [-0.25, -0.2) is 9.97 Å². The third-order valence-corrected chi connectivity index (χ3v) is 7.72. The molecule has 0 unspecified atom stereocenters. The molecule has 0 amide bonds. The SMILES string of the molecule is CCN1CC(CC#N)(n2cc(-c3ncnc4c3ccn4COCC[Si](C)(C)C)cn2)C1. The highest BCUT2D eigenvalue weighted by molar-refractivity contribution is 6.76. The van der Waals surface area contributed by atoms with Crippen LogP contribution in [0.4, 0.5) is 0 Å². The van der Waals surface area contributed by atoms with Crippen molar-refractivity contribution in [2.24, 2.45) is 0 Å². The molecule has 4 rings (SSSR count). The summed E-state index contributed by atoms with van der Waals surface area (Å²) >= 11 is 0. The number of ether oxygens (including phenoxy) is 1. The van der Waals surface area contributed by atoms with E-state index in [1.54, 1.807) is 6.33 Å². The standard InChI is InChI=1S/C22H31N7OSi/c1-5-27-14-22(15-27,7-8-23)29-13-18(12-26-29)20-19-6-9-28(21(19)25-16-24-20)17-30-10-11-31(2,3)4/h6,9,12-13,16H,5,7,10-11,14-15,17H2,1-4H3. The van der Waals surface area contributed by atoms with Gasteiger partial charge in [0.2, 0.25) is 0 Å². The molecular formula is C22H31N7OSi. The van der Waals surface area contributed by atoms with Crippen molar-refractivity contribution in [3.05, 3.63) is 31.0 Å². The number of nitriles is 1. The molecule has 0 aliphatic carbocycles. The molecule has 164 valence electrons. The Kier molecular flexibility index (Phi) is 5.97. The lowest BCUT2D eigenvalue weighted by Gasteiger charge is -2.48. The number of hydrogen-bond acceptors (Lipinski definition) is 6. The molecule has 1 aliphatic heterocycles. The van der Waals surface area contributed by atoms with Gasteiger partial charge in [-0.2, -0.15) is 10.4 Å². The van der Waals surface area contributed by atoms with Gasteiger partial charge in [0.05, 0.1) is 24.4 Å². The van der Waals surface area contributed by atoms with Crippen molar-refractivity contribution < 1.29 is 4.74 Å². The molecular weight excluding hydrogens is 406 g/mol. The minimum absolute atomic E-state index is 0.245. The summed E-state index contributed by atoms with van der Waals surface area (Å²) in [6, 6.07) is 5.52. The van der Waals surface area contributed by atoms with Gasteiger partial charge >= 0.3 is 0 Å². The maximum Gasteiger partial charge on any atom is 0.145 e. The lowest BCUT2D eigenvalue weighted by Crippen LogP contribution is -2.62. The van der Waals surface area contributed by atoms with E-state index in [0.717, 1.165) is 54.6 Å². The zero-order valence-electron chi connectivity index (χ0n) is 18.9. The van der Waals surface area contributed by atoms with E-state index in [4.69, 9.17) is 4.74 Å². The largest absolute Gasteiger partial charge is 0.361 e. The number of nitrogens with zero attached hydrogens (tertiary/aromatic N) is 7. The lowest BCUT2D eigenvalue weighted by molar-refractivity contribution is 0.00951. The average molecular weight is 438 g/mol. The van der Waals surface area contributed by atoms with E-state index < -0.39 is 8.07 Å². The molecule has 0 aromatic carbocycles. The van der Waals surface area contributed by atoms with Crippen LogP contribution in [0, 0.1) is 11.3 Å². The Labute approximate surface area is 184 Å². The zero-order chi connectivity index (χ0) is 22.1. The fraction of sp³-hybridized carbons (Fsp3) is 0.545. The van der Waals surface area contributed by atoms with E-state index >= 15 is 0 Å². The lowest BCUT2D eigenvalue weighted by atomic mass is 9.87. The minimum atomic E-state index is -1.10. The summed E-state index contributed by atoms with van der Waals surface area (Å²) in [5.41, 5.74) is 2.41. The summed E-state index contributed by atoms with van der Waals surface area (Å²) in [7, 11) is -1.10. The van der Waals surface area contributed by atoms with Gasteiger partial charge in [-0.1, -0.05) is 26.6 Å². The summed E-state index contributed by atoms with van der Waals surface area (Å²) in [6.07, 6.45) is 7.92. The number of aromatic nitrogens is 5. The van der Waals surface area contributed by atoms with Crippen molar-refractivity contribution in [2.45, 2.75) is 51.3 Å². The minimum Gasteiger partial charge on any atom is -0.361 e. The van der Waals surface area contributed by atoms with Crippen LogP contribution in [0.2, 0.25) is 25.7 Å². The summed E-state index contributed by atoms with van der Waals surface area (Å²) in [5, 5.41) is 14.9. The van der Waals surface area contributed by atoms with Crippen LogP contribution in [0.15, 0.2) is 31.0 Å². The molecule has 1 fully saturated rings. The predicted molar refractivity (Wildman–Crippen MR) is 123 cm³/mol. The predicted octanol–water partition coefficient (Wildman–Crippen LogP) is 3.55. The molecule has 3 aromatic rings. The Morgan fingerprint density at radius 2 is 2.06 bits per heavy atom. The molecule has 31 heavy (non-hydrogen) atoms. The van der Waals surface area contributed by atoms with E-state index in [0.29, 0.717) is 13.2 Å². The van der Waals surface area contributed by atoms with Crippen LogP contribution in [-0.4, -0.2) is 63.5 Å². The van der Waals surface area contributed by atoms with Crippen molar-refractivity contribution in [3.63, 3.8) is 0 Å². The Hall–Kier alpha value is -2.54. The molecule has 0 bridgehead atoms. The highest BCUT2D eigenvalue weighted by Gasteiger charge is 2.44. The van der Waals surface area contributed by atoms with E-state index in [1.807, 2.05) is 33.9 Å². The van der Waals surface area contributed by atoms with Gasteiger partial charge < -0.3 is 9.30 Å². The van der Waals surface area contributed by atoms with Crippen molar-refractivity contribution in [1.82, 2.24) is 29.2 Å². The number of likely N-dealkylation sites (tertiary alicyclic amines) is 1. The maximum absolute atomic E-state index is 9.35. The second kappa shape index (κ2) is 8.53. The van der Waals surface area contributed by atoms with Gasteiger partial charge in [-0.3, -0.25) is 9.58 Å². The van der Waals surface area contributed by atoms with Crippen molar-refractivity contribution in [3.8, 4) is 17.3 Å². The van der Waals surface area contributed by atoms with Crippen LogP contribution >= 0.6 is 0 Å². The smallest absolute Gasteiger partial charge is 0.145 e. The molecule has 4 heterocycles. The number of likely N-dealkylation sites (N-methyl/N-ethyl adjacent to an activating group) is 1. The topological polar surface area (TPSA) is 84.8 Å². The fourth-order valence-corrected chi connectivity index (χ4v) is 4.84. The Morgan fingerprint density at radius 3 is 2.77 bits per heavy atom. The van der Waals surface area contributed by atoms with Gasteiger partial charge in [-0.15, -0.1) is 0 Å². The highest BCUT2D eigenvalue weighted by atomic mass is 28.3. The number of fused-ring (bicyclic) bond motifs is 1. The van der Waals surface area contributed by atoms with Crippen LogP contribution in [0.3, 0.4) is 0 Å². The van der Waals surface area contributed by atoms with E-state index in [-0.39, 0.29) is 5.54 Å². The average Bonchev–Trinajstić information content (AvgIpc) is 3.34. The normalized spacial score (nSPS) is 16.4. The van der Waals surface area contributed by atoms with Crippen molar-refractivity contribution >= 4 is 19.1 Å².